The highest BCUT2D eigenvalue weighted by Gasteiger charge is 2.50. The summed E-state index contributed by atoms with van der Waals surface area (Å²) in [5.41, 5.74) is -0.712. The lowest BCUT2D eigenvalue weighted by Gasteiger charge is -2.36. The molecule has 0 saturated carbocycles. The second-order valence-corrected chi connectivity index (χ2v) is 8.79. The molecule has 9 nitrogen and oxygen atoms in total. The Bertz CT molecular complexity index is 839. The van der Waals surface area contributed by atoms with E-state index >= 15 is 0 Å². The molecule has 10 heteroatoms. The van der Waals surface area contributed by atoms with Crippen LogP contribution in [0.4, 0.5) is 4.79 Å². The van der Waals surface area contributed by atoms with Crippen molar-refractivity contribution in [1.29, 1.82) is 0 Å². The fourth-order valence-corrected chi connectivity index (χ4v) is 3.46. The van der Waals surface area contributed by atoms with Gasteiger partial charge < -0.3 is 19.5 Å². The van der Waals surface area contributed by atoms with Crippen molar-refractivity contribution in [2.24, 2.45) is 5.92 Å². The van der Waals surface area contributed by atoms with Crippen LogP contribution >= 0.6 is 15.9 Å². The lowest BCUT2D eigenvalue weighted by Crippen LogP contribution is -2.59. The number of benzene rings is 1. The molecular formula is C21H27BrN2O7. The highest BCUT2D eigenvalue weighted by molar-refractivity contribution is 9.10. The van der Waals surface area contributed by atoms with Crippen molar-refractivity contribution in [3.05, 3.63) is 34.3 Å². The average molecular weight is 499 g/mol. The van der Waals surface area contributed by atoms with Crippen molar-refractivity contribution in [1.82, 2.24) is 10.2 Å². The topological polar surface area (TPSA) is 111 Å². The average Bonchev–Trinajstić information content (AvgIpc) is 3.04. The second kappa shape index (κ2) is 10.2. The zero-order valence-corrected chi connectivity index (χ0v) is 19.7. The summed E-state index contributed by atoms with van der Waals surface area (Å²) in [4.78, 5) is 51.2. The van der Waals surface area contributed by atoms with E-state index in [0.717, 1.165) is 4.47 Å². The van der Waals surface area contributed by atoms with Gasteiger partial charge in [-0.15, -0.1) is 0 Å². The third kappa shape index (κ3) is 6.04. The molecule has 1 aliphatic rings. The maximum Gasteiger partial charge on any atom is 0.407 e. The quantitative estimate of drug-likeness (QED) is 0.453. The van der Waals surface area contributed by atoms with Crippen molar-refractivity contribution in [2.75, 3.05) is 20.3 Å². The van der Waals surface area contributed by atoms with E-state index in [0.29, 0.717) is 5.56 Å². The highest BCUT2D eigenvalue weighted by Crippen LogP contribution is 2.30. The molecule has 2 rings (SSSR count). The number of rotatable bonds is 7. The Labute approximate surface area is 189 Å². The Morgan fingerprint density at radius 2 is 1.84 bits per heavy atom. The number of ketones is 1. The van der Waals surface area contributed by atoms with Gasteiger partial charge in [0.25, 0.3) is 0 Å². The monoisotopic (exact) mass is 498 g/mol. The molecule has 1 heterocycles. The number of hydrogen-bond donors (Lipinski definition) is 1. The van der Waals surface area contributed by atoms with Crippen molar-refractivity contribution in [3.63, 3.8) is 0 Å². The van der Waals surface area contributed by atoms with E-state index in [9.17, 15) is 19.2 Å². The number of carbonyl (C=O) groups excluding carboxylic acids is 4. The molecular weight excluding hydrogens is 472 g/mol. The Kier molecular flexibility index (Phi) is 8.19. The number of amides is 2. The van der Waals surface area contributed by atoms with Gasteiger partial charge in [0.15, 0.2) is 18.4 Å². The maximum atomic E-state index is 13.3. The van der Waals surface area contributed by atoms with Gasteiger partial charge in [0.1, 0.15) is 11.8 Å². The molecule has 0 bridgehead atoms. The number of methoxy groups -OCH3 is 1. The first-order chi connectivity index (χ1) is 14.5. The van der Waals surface area contributed by atoms with Gasteiger partial charge >= 0.3 is 12.1 Å². The number of nitrogens with one attached hydrogen (secondary N) is 1. The summed E-state index contributed by atoms with van der Waals surface area (Å²) in [5.74, 6) is -1.92. The lowest BCUT2D eigenvalue weighted by molar-refractivity contribution is -0.159. The van der Waals surface area contributed by atoms with Crippen molar-refractivity contribution >= 4 is 39.7 Å². The number of Topliss-reactive ketones (excluding diaryl/α,β-unsaturated/α-hetero) is 1. The van der Waals surface area contributed by atoms with Crippen LogP contribution in [0.25, 0.3) is 0 Å². The van der Waals surface area contributed by atoms with Crippen molar-refractivity contribution in [3.8, 4) is 0 Å². The predicted molar refractivity (Wildman–Crippen MR) is 114 cm³/mol. The largest absolute Gasteiger partial charge is 0.456 e. The number of nitrogens with zero attached hydrogens (tertiary/aromatic N) is 1. The molecule has 0 radical (unpaired) electrons. The van der Waals surface area contributed by atoms with Gasteiger partial charge in [0, 0.05) is 10.0 Å². The molecule has 1 aliphatic heterocycles. The van der Waals surface area contributed by atoms with Gasteiger partial charge in [-0.2, -0.15) is 0 Å². The fraction of sp³-hybridized carbons (Fsp3) is 0.524. The van der Waals surface area contributed by atoms with Crippen LogP contribution in [0.15, 0.2) is 28.7 Å². The summed E-state index contributed by atoms with van der Waals surface area (Å²) in [5, 5.41) is 2.50. The standard InChI is InChI=1S/C21H27BrN2O7/c1-12(2)17(23-20(28)29-5)18(26)24-15(10-31-21(24,3)4)19(27)30-11-16(25)13-6-8-14(22)9-7-13/h6-9,12,15,17H,10-11H2,1-5H3,(H,23,28)/t15-,17-/m0/s1. The van der Waals surface area contributed by atoms with Crippen LogP contribution in [0.5, 0.6) is 0 Å². The van der Waals surface area contributed by atoms with E-state index in [-0.39, 0.29) is 18.3 Å². The summed E-state index contributed by atoms with van der Waals surface area (Å²) in [6.45, 7) is 6.24. The molecule has 0 aliphatic carbocycles. The molecule has 1 saturated heterocycles. The van der Waals surface area contributed by atoms with Crippen molar-refractivity contribution < 1.29 is 33.4 Å². The summed E-state index contributed by atoms with van der Waals surface area (Å²) in [7, 11) is 1.20. The molecule has 0 spiro atoms. The fourth-order valence-electron chi connectivity index (χ4n) is 3.20. The Morgan fingerprint density at radius 1 is 1.23 bits per heavy atom. The van der Waals surface area contributed by atoms with Crippen LogP contribution in [0.3, 0.4) is 0 Å². The Hall–Kier alpha value is -2.46. The number of carbonyl (C=O) groups is 4. The number of alkyl carbamates (subject to hydrolysis) is 1. The minimum atomic E-state index is -1.11. The second-order valence-electron chi connectivity index (χ2n) is 7.88. The zero-order valence-electron chi connectivity index (χ0n) is 18.1. The van der Waals surface area contributed by atoms with Crippen molar-refractivity contribution in [2.45, 2.75) is 45.5 Å². The molecule has 1 fully saturated rings. The van der Waals surface area contributed by atoms with E-state index < -0.39 is 42.4 Å². The van der Waals surface area contributed by atoms with Crippen LogP contribution in [0.2, 0.25) is 0 Å². The first-order valence-corrected chi connectivity index (χ1v) is 10.5. The van der Waals surface area contributed by atoms with Gasteiger partial charge in [0.05, 0.1) is 13.7 Å². The molecule has 2 atom stereocenters. The third-order valence-corrected chi connectivity index (χ3v) is 5.43. The molecule has 0 aromatic heterocycles. The van der Waals surface area contributed by atoms with Crippen LogP contribution in [0.1, 0.15) is 38.1 Å². The van der Waals surface area contributed by atoms with E-state index in [1.54, 1.807) is 52.0 Å². The Morgan fingerprint density at radius 3 is 2.39 bits per heavy atom. The summed E-state index contributed by atoms with van der Waals surface area (Å²) in [6.07, 6.45) is -0.760. The van der Waals surface area contributed by atoms with Gasteiger partial charge in [0.2, 0.25) is 5.91 Å². The number of esters is 1. The summed E-state index contributed by atoms with van der Waals surface area (Å²) < 4.78 is 16.3. The molecule has 1 aromatic carbocycles. The smallest absolute Gasteiger partial charge is 0.407 e. The first kappa shape index (κ1) is 24.8. The molecule has 2 amide bonds. The van der Waals surface area contributed by atoms with Crippen LogP contribution in [-0.4, -0.2) is 66.8 Å². The van der Waals surface area contributed by atoms with E-state index in [2.05, 4.69) is 26.0 Å². The molecule has 1 aromatic rings. The minimum absolute atomic E-state index is 0.0902. The van der Waals surface area contributed by atoms with E-state index in [1.165, 1.54) is 12.0 Å². The summed E-state index contributed by atoms with van der Waals surface area (Å²) in [6, 6.07) is 4.66. The van der Waals surface area contributed by atoms with Crippen LogP contribution in [0, 0.1) is 5.92 Å². The van der Waals surface area contributed by atoms with Gasteiger partial charge in [-0.05, 0) is 31.9 Å². The number of ether oxygens (including phenoxy) is 3. The van der Waals surface area contributed by atoms with E-state index in [4.69, 9.17) is 9.47 Å². The number of hydrogen-bond acceptors (Lipinski definition) is 7. The van der Waals surface area contributed by atoms with Gasteiger partial charge in [-0.1, -0.05) is 41.9 Å². The molecule has 170 valence electrons. The Balaban J connectivity index is 2.13. The van der Waals surface area contributed by atoms with Crippen LogP contribution in [-0.2, 0) is 23.8 Å². The zero-order chi connectivity index (χ0) is 23.3. The highest BCUT2D eigenvalue weighted by atomic mass is 79.9. The number of halogens is 1. The molecule has 0 unspecified atom stereocenters. The molecule has 31 heavy (non-hydrogen) atoms. The maximum absolute atomic E-state index is 13.3. The van der Waals surface area contributed by atoms with Crippen LogP contribution < -0.4 is 5.32 Å². The minimum Gasteiger partial charge on any atom is -0.456 e. The third-order valence-electron chi connectivity index (χ3n) is 4.90. The SMILES string of the molecule is COC(=O)N[C@H](C(=O)N1[C@H](C(=O)OCC(=O)c2ccc(Br)cc2)COC1(C)C)C(C)C. The van der Waals surface area contributed by atoms with E-state index in [1.807, 2.05) is 0 Å². The lowest BCUT2D eigenvalue weighted by atomic mass is 10.0. The normalized spacial score (nSPS) is 18.4. The van der Waals surface area contributed by atoms with Gasteiger partial charge in [-0.25, -0.2) is 9.59 Å². The predicted octanol–water partition coefficient (Wildman–Crippen LogP) is 2.52. The first-order valence-electron chi connectivity index (χ1n) is 9.75. The summed E-state index contributed by atoms with van der Waals surface area (Å²) >= 11 is 3.29. The molecule has 1 N–H and O–H groups in total. The van der Waals surface area contributed by atoms with Gasteiger partial charge in [-0.3, -0.25) is 14.5 Å².